The molecule has 1 saturated heterocycles. The van der Waals surface area contributed by atoms with E-state index in [1.54, 1.807) is 6.08 Å². The van der Waals surface area contributed by atoms with Crippen LogP contribution in [-0.4, -0.2) is 29.5 Å². The first-order chi connectivity index (χ1) is 10.2. The SMILES string of the molecule is C=CCC1CCCN(Cc2ccc(C(F)(F)F)nc2)S1(=O)=O. The van der Waals surface area contributed by atoms with E-state index in [0.29, 0.717) is 24.9 Å². The lowest BCUT2D eigenvalue weighted by atomic mass is 10.1. The van der Waals surface area contributed by atoms with Crippen molar-refractivity contribution < 1.29 is 21.6 Å². The van der Waals surface area contributed by atoms with Crippen LogP contribution in [0.5, 0.6) is 0 Å². The highest BCUT2D eigenvalue weighted by Gasteiger charge is 2.35. The maximum Gasteiger partial charge on any atom is 0.433 e. The van der Waals surface area contributed by atoms with Gasteiger partial charge in [0.25, 0.3) is 0 Å². The van der Waals surface area contributed by atoms with Crippen LogP contribution < -0.4 is 0 Å². The lowest BCUT2D eigenvalue weighted by molar-refractivity contribution is -0.141. The van der Waals surface area contributed by atoms with Crippen LogP contribution in [0.15, 0.2) is 31.0 Å². The summed E-state index contributed by atoms with van der Waals surface area (Å²) in [5.41, 5.74) is -0.543. The Morgan fingerprint density at radius 2 is 2.14 bits per heavy atom. The van der Waals surface area contributed by atoms with Gasteiger partial charge in [-0.3, -0.25) is 4.98 Å². The summed E-state index contributed by atoms with van der Waals surface area (Å²) in [4.78, 5) is 3.36. The fraction of sp³-hybridized carbons (Fsp3) is 0.500. The molecular weight excluding hydrogens is 317 g/mol. The van der Waals surface area contributed by atoms with Crippen molar-refractivity contribution in [3.63, 3.8) is 0 Å². The number of aromatic nitrogens is 1. The summed E-state index contributed by atoms with van der Waals surface area (Å²) >= 11 is 0. The molecule has 2 heterocycles. The van der Waals surface area contributed by atoms with E-state index in [1.807, 2.05) is 0 Å². The zero-order valence-corrected chi connectivity index (χ0v) is 12.7. The smallest absolute Gasteiger partial charge is 0.251 e. The Bertz CT molecular complexity index is 626. The first-order valence-electron chi connectivity index (χ1n) is 6.87. The second kappa shape index (κ2) is 6.37. The second-order valence-electron chi connectivity index (χ2n) is 5.22. The van der Waals surface area contributed by atoms with Crippen LogP contribution >= 0.6 is 0 Å². The van der Waals surface area contributed by atoms with Gasteiger partial charge < -0.3 is 0 Å². The van der Waals surface area contributed by atoms with Gasteiger partial charge in [0, 0.05) is 19.3 Å². The molecule has 0 saturated carbocycles. The second-order valence-corrected chi connectivity index (χ2v) is 7.43. The largest absolute Gasteiger partial charge is 0.433 e. The predicted octanol–water partition coefficient (Wildman–Crippen LogP) is 2.97. The van der Waals surface area contributed by atoms with Crippen molar-refractivity contribution in [3.8, 4) is 0 Å². The third-order valence-corrected chi connectivity index (χ3v) is 5.92. The van der Waals surface area contributed by atoms with Gasteiger partial charge in [-0.1, -0.05) is 12.1 Å². The van der Waals surface area contributed by atoms with Crippen molar-refractivity contribution in [1.82, 2.24) is 9.29 Å². The molecule has 1 fully saturated rings. The predicted molar refractivity (Wildman–Crippen MR) is 76.4 cm³/mol. The van der Waals surface area contributed by atoms with Crippen molar-refractivity contribution in [1.29, 1.82) is 0 Å². The minimum absolute atomic E-state index is 0.0428. The molecule has 122 valence electrons. The van der Waals surface area contributed by atoms with E-state index < -0.39 is 27.1 Å². The molecule has 0 spiro atoms. The lowest BCUT2D eigenvalue weighted by Crippen LogP contribution is -2.43. The number of hydrogen-bond donors (Lipinski definition) is 0. The van der Waals surface area contributed by atoms with Crippen LogP contribution in [0.2, 0.25) is 0 Å². The molecular formula is C14H17F3N2O2S. The molecule has 1 aromatic heterocycles. The number of alkyl halides is 3. The highest BCUT2D eigenvalue weighted by atomic mass is 32.2. The van der Waals surface area contributed by atoms with E-state index in [-0.39, 0.29) is 6.54 Å². The molecule has 0 bridgehead atoms. The number of rotatable bonds is 4. The third kappa shape index (κ3) is 3.67. The summed E-state index contributed by atoms with van der Waals surface area (Å²) < 4.78 is 63.5. The molecule has 0 radical (unpaired) electrons. The maximum atomic E-state index is 12.5. The molecule has 1 unspecified atom stereocenters. The fourth-order valence-electron chi connectivity index (χ4n) is 2.47. The lowest BCUT2D eigenvalue weighted by Gasteiger charge is -2.31. The molecule has 0 amide bonds. The van der Waals surface area contributed by atoms with Crippen LogP contribution in [0, 0.1) is 0 Å². The van der Waals surface area contributed by atoms with Crippen molar-refractivity contribution >= 4 is 10.0 Å². The molecule has 8 heteroatoms. The molecule has 1 atom stereocenters. The van der Waals surface area contributed by atoms with Crippen molar-refractivity contribution in [3.05, 3.63) is 42.2 Å². The van der Waals surface area contributed by atoms with Gasteiger partial charge in [0.2, 0.25) is 10.0 Å². The van der Waals surface area contributed by atoms with Gasteiger partial charge in [-0.25, -0.2) is 8.42 Å². The van der Waals surface area contributed by atoms with Crippen molar-refractivity contribution in [2.45, 2.75) is 37.2 Å². The first-order valence-corrected chi connectivity index (χ1v) is 8.37. The molecule has 2 rings (SSSR count). The highest BCUT2D eigenvalue weighted by Crippen LogP contribution is 2.28. The van der Waals surface area contributed by atoms with E-state index in [2.05, 4.69) is 11.6 Å². The summed E-state index contributed by atoms with van der Waals surface area (Å²) in [6, 6.07) is 2.13. The Hall–Kier alpha value is -1.41. The van der Waals surface area contributed by atoms with Crippen molar-refractivity contribution in [2.75, 3.05) is 6.54 Å². The summed E-state index contributed by atoms with van der Waals surface area (Å²) in [6.45, 7) is 3.98. The summed E-state index contributed by atoms with van der Waals surface area (Å²) in [7, 11) is -3.45. The van der Waals surface area contributed by atoms with Crippen LogP contribution in [0.3, 0.4) is 0 Å². The maximum absolute atomic E-state index is 12.5. The van der Waals surface area contributed by atoms with Gasteiger partial charge in [0.1, 0.15) is 5.69 Å². The van der Waals surface area contributed by atoms with E-state index in [1.165, 1.54) is 10.4 Å². The zero-order valence-electron chi connectivity index (χ0n) is 11.9. The standard InChI is InChI=1S/C14H17F3N2O2S/c1-2-4-12-5-3-8-19(22(12,20)21)10-11-6-7-13(18-9-11)14(15,16)17/h2,6-7,9,12H,1,3-5,8,10H2. The van der Waals surface area contributed by atoms with Crippen LogP contribution in [0.25, 0.3) is 0 Å². The summed E-state index contributed by atoms with van der Waals surface area (Å²) in [5, 5.41) is -0.499. The van der Waals surface area contributed by atoms with Gasteiger partial charge >= 0.3 is 6.18 Å². The van der Waals surface area contributed by atoms with Crippen LogP contribution in [0.1, 0.15) is 30.5 Å². The summed E-state index contributed by atoms with van der Waals surface area (Å²) in [6.07, 6.45) is -0.155. The van der Waals surface area contributed by atoms with E-state index >= 15 is 0 Å². The van der Waals surface area contributed by atoms with Gasteiger partial charge in [-0.2, -0.15) is 17.5 Å². The fourth-order valence-corrected chi connectivity index (χ4v) is 4.44. The number of sulfonamides is 1. The topological polar surface area (TPSA) is 50.3 Å². The van der Waals surface area contributed by atoms with Gasteiger partial charge in [-0.15, -0.1) is 6.58 Å². The molecule has 1 aliphatic heterocycles. The van der Waals surface area contributed by atoms with Crippen LogP contribution in [0.4, 0.5) is 13.2 Å². The quantitative estimate of drug-likeness (QED) is 0.796. The number of allylic oxidation sites excluding steroid dienone is 1. The average molecular weight is 334 g/mol. The minimum atomic E-state index is -4.50. The average Bonchev–Trinajstić information content (AvgIpc) is 2.43. The highest BCUT2D eigenvalue weighted by molar-refractivity contribution is 7.89. The monoisotopic (exact) mass is 334 g/mol. The van der Waals surface area contributed by atoms with E-state index in [0.717, 1.165) is 18.7 Å². The third-order valence-electron chi connectivity index (χ3n) is 3.62. The molecule has 1 aromatic rings. The Kier molecular flexibility index (Phi) is 4.91. The molecule has 0 aliphatic carbocycles. The van der Waals surface area contributed by atoms with Gasteiger partial charge in [-0.05, 0) is 30.9 Å². The number of halogens is 3. The normalized spacial score (nSPS) is 22.4. The van der Waals surface area contributed by atoms with Gasteiger partial charge in [0.15, 0.2) is 0 Å². The zero-order chi connectivity index (χ0) is 16.4. The van der Waals surface area contributed by atoms with Gasteiger partial charge in [0.05, 0.1) is 5.25 Å². The Morgan fingerprint density at radius 3 is 2.68 bits per heavy atom. The number of pyridine rings is 1. The summed E-state index contributed by atoms with van der Waals surface area (Å²) in [5.74, 6) is 0. The van der Waals surface area contributed by atoms with Crippen molar-refractivity contribution in [2.24, 2.45) is 0 Å². The molecule has 4 nitrogen and oxygen atoms in total. The molecule has 0 N–H and O–H groups in total. The van der Waals surface area contributed by atoms with E-state index in [9.17, 15) is 21.6 Å². The Morgan fingerprint density at radius 1 is 1.41 bits per heavy atom. The molecule has 22 heavy (non-hydrogen) atoms. The molecule has 0 aromatic carbocycles. The molecule has 1 aliphatic rings. The Balaban J connectivity index is 2.14. The number of hydrogen-bond acceptors (Lipinski definition) is 3. The van der Waals surface area contributed by atoms with Crippen LogP contribution in [-0.2, 0) is 22.7 Å². The Labute approximate surface area is 127 Å². The number of nitrogens with zero attached hydrogens (tertiary/aromatic N) is 2. The first kappa shape index (κ1) is 17.0. The minimum Gasteiger partial charge on any atom is -0.251 e. The van der Waals surface area contributed by atoms with E-state index in [4.69, 9.17) is 0 Å².